The third-order valence-electron chi connectivity index (χ3n) is 2.64. The second-order valence-corrected chi connectivity index (χ2v) is 3.48. The van der Waals surface area contributed by atoms with Gasteiger partial charge in [0, 0.05) is 24.9 Å². The second kappa shape index (κ2) is 4.00. The van der Waals surface area contributed by atoms with Crippen LogP contribution in [0.2, 0.25) is 0 Å². The molecular formula is C9H13ClN2O2. The maximum absolute atomic E-state index is 10.7. The number of hydrogen-bond acceptors (Lipinski definition) is 2. The molecule has 2 heterocycles. The molecule has 0 amide bonds. The van der Waals surface area contributed by atoms with E-state index in [1.807, 2.05) is 6.92 Å². The minimum Gasteiger partial charge on any atom is -0.481 e. The van der Waals surface area contributed by atoms with Crippen molar-refractivity contribution in [2.24, 2.45) is 5.92 Å². The third kappa shape index (κ3) is 1.75. The molecule has 1 aromatic heterocycles. The summed E-state index contributed by atoms with van der Waals surface area (Å²) in [4.78, 5) is 14.9. The van der Waals surface area contributed by atoms with Crippen molar-refractivity contribution >= 4 is 18.4 Å². The fourth-order valence-electron chi connectivity index (χ4n) is 1.83. The zero-order valence-electron chi connectivity index (χ0n) is 7.93. The highest BCUT2D eigenvalue weighted by molar-refractivity contribution is 5.85. The number of nitrogens with zero attached hydrogens (tertiary/aromatic N) is 2. The Hall–Kier alpha value is -1.03. The first-order valence-electron chi connectivity index (χ1n) is 4.42. The highest BCUT2D eigenvalue weighted by Crippen LogP contribution is 2.21. The molecule has 0 saturated heterocycles. The number of aryl methyl sites for hydroxylation is 1. The Morgan fingerprint density at radius 2 is 2.43 bits per heavy atom. The summed E-state index contributed by atoms with van der Waals surface area (Å²) < 4.78 is 2.10. The van der Waals surface area contributed by atoms with Crippen molar-refractivity contribution in [3.05, 3.63) is 17.7 Å². The molecule has 2 rings (SSSR count). The largest absolute Gasteiger partial charge is 0.481 e. The number of aliphatic carboxylic acids is 1. The number of hydrogen-bond donors (Lipinski definition) is 1. The molecule has 1 aliphatic rings. The monoisotopic (exact) mass is 216 g/mol. The number of imidazole rings is 1. The van der Waals surface area contributed by atoms with Crippen molar-refractivity contribution < 1.29 is 9.90 Å². The summed E-state index contributed by atoms with van der Waals surface area (Å²) in [6.45, 7) is 2.74. The van der Waals surface area contributed by atoms with E-state index >= 15 is 0 Å². The summed E-state index contributed by atoms with van der Waals surface area (Å²) >= 11 is 0. The van der Waals surface area contributed by atoms with E-state index < -0.39 is 5.97 Å². The standard InChI is InChI=1S/C9H12N2O2.ClH/c1-6-10-5-8-4-7(9(12)13)2-3-11(6)8;/h5,7H,2-4H2,1H3,(H,12,13);1H. The average molecular weight is 217 g/mol. The van der Waals surface area contributed by atoms with Gasteiger partial charge in [0.2, 0.25) is 0 Å². The first-order valence-corrected chi connectivity index (χ1v) is 4.42. The molecule has 0 aromatic carbocycles. The number of fused-ring (bicyclic) bond motifs is 1. The molecule has 5 heteroatoms. The smallest absolute Gasteiger partial charge is 0.306 e. The Labute approximate surface area is 88.4 Å². The van der Waals surface area contributed by atoms with E-state index in [0.29, 0.717) is 6.42 Å². The molecular weight excluding hydrogens is 204 g/mol. The van der Waals surface area contributed by atoms with Gasteiger partial charge >= 0.3 is 5.97 Å². The van der Waals surface area contributed by atoms with Crippen molar-refractivity contribution in [2.45, 2.75) is 26.3 Å². The van der Waals surface area contributed by atoms with Gasteiger partial charge in [-0.05, 0) is 13.3 Å². The number of halogens is 1. The van der Waals surface area contributed by atoms with Gasteiger partial charge in [-0.1, -0.05) is 0 Å². The molecule has 1 unspecified atom stereocenters. The van der Waals surface area contributed by atoms with Crippen LogP contribution in [-0.4, -0.2) is 20.6 Å². The Morgan fingerprint density at radius 1 is 1.71 bits per heavy atom. The fraction of sp³-hybridized carbons (Fsp3) is 0.556. The first-order chi connectivity index (χ1) is 6.18. The van der Waals surface area contributed by atoms with E-state index in [-0.39, 0.29) is 18.3 Å². The third-order valence-corrected chi connectivity index (χ3v) is 2.64. The molecule has 0 bridgehead atoms. The Kier molecular flexibility index (Phi) is 3.16. The predicted octanol–water partition coefficient (Wildman–Crippen LogP) is 1.26. The second-order valence-electron chi connectivity index (χ2n) is 3.48. The van der Waals surface area contributed by atoms with Crippen LogP contribution in [-0.2, 0) is 17.8 Å². The van der Waals surface area contributed by atoms with Gasteiger partial charge in [-0.2, -0.15) is 0 Å². The van der Waals surface area contributed by atoms with E-state index in [2.05, 4.69) is 9.55 Å². The lowest BCUT2D eigenvalue weighted by molar-refractivity contribution is -0.142. The van der Waals surface area contributed by atoms with Crippen LogP contribution in [0.15, 0.2) is 6.20 Å². The lowest BCUT2D eigenvalue weighted by Crippen LogP contribution is -2.25. The van der Waals surface area contributed by atoms with Gasteiger partial charge in [0.1, 0.15) is 5.82 Å². The molecule has 0 spiro atoms. The van der Waals surface area contributed by atoms with Crippen LogP contribution >= 0.6 is 12.4 Å². The van der Waals surface area contributed by atoms with Crippen molar-refractivity contribution in [2.75, 3.05) is 0 Å². The summed E-state index contributed by atoms with van der Waals surface area (Å²) in [6, 6.07) is 0. The van der Waals surface area contributed by atoms with Crippen LogP contribution in [0.4, 0.5) is 0 Å². The molecule has 1 aromatic rings. The molecule has 1 N–H and O–H groups in total. The SMILES string of the molecule is Cc1ncc2n1CCC(C(=O)O)C2.Cl. The van der Waals surface area contributed by atoms with Crippen LogP contribution in [0.1, 0.15) is 17.9 Å². The van der Waals surface area contributed by atoms with E-state index in [1.165, 1.54) is 0 Å². The average Bonchev–Trinajstić information content (AvgIpc) is 2.47. The van der Waals surface area contributed by atoms with Crippen LogP contribution in [0.3, 0.4) is 0 Å². The molecule has 4 nitrogen and oxygen atoms in total. The number of aromatic nitrogens is 2. The van der Waals surface area contributed by atoms with Crippen LogP contribution in [0, 0.1) is 12.8 Å². The van der Waals surface area contributed by atoms with Crippen molar-refractivity contribution in [3.8, 4) is 0 Å². The highest BCUT2D eigenvalue weighted by Gasteiger charge is 2.24. The molecule has 0 saturated carbocycles. The lowest BCUT2D eigenvalue weighted by atomic mass is 9.96. The lowest BCUT2D eigenvalue weighted by Gasteiger charge is -2.21. The number of carboxylic acid groups (broad SMARTS) is 1. The number of rotatable bonds is 1. The molecule has 0 fully saturated rings. The van der Waals surface area contributed by atoms with Gasteiger partial charge in [0.25, 0.3) is 0 Å². The summed E-state index contributed by atoms with van der Waals surface area (Å²) in [7, 11) is 0. The topological polar surface area (TPSA) is 55.1 Å². The Morgan fingerprint density at radius 3 is 3.07 bits per heavy atom. The van der Waals surface area contributed by atoms with Gasteiger partial charge in [0.15, 0.2) is 0 Å². The molecule has 1 aliphatic heterocycles. The molecule has 78 valence electrons. The van der Waals surface area contributed by atoms with Crippen molar-refractivity contribution in [3.63, 3.8) is 0 Å². The van der Waals surface area contributed by atoms with Gasteiger partial charge in [-0.3, -0.25) is 4.79 Å². The maximum atomic E-state index is 10.7. The summed E-state index contributed by atoms with van der Waals surface area (Å²) in [5, 5.41) is 8.84. The molecule has 0 aliphatic carbocycles. The first kappa shape index (κ1) is 11.0. The zero-order valence-corrected chi connectivity index (χ0v) is 8.75. The normalized spacial score (nSPS) is 19.6. The summed E-state index contributed by atoms with van der Waals surface area (Å²) in [6.07, 6.45) is 3.13. The van der Waals surface area contributed by atoms with Crippen molar-refractivity contribution in [1.29, 1.82) is 0 Å². The Bertz CT molecular complexity index is 349. The van der Waals surface area contributed by atoms with Gasteiger partial charge in [0.05, 0.1) is 5.92 Å². The molecule has 0 radical (unpaired) electrons. The van der Waals surface area contributed by atoms with Crippen molar-refractivity contribution in [1.82, 2.24) is 9.55 Å². The van der Waals surface area contributed by atoms with E-state index in [4.69, 9.17) is 5.11 Å². The van der Waals surface area contributed by atoms with Crippen LogP contribution < -0.4 is 0 Å². The minimum absolute atomic E-state index is 0. The van der Waals surface area contributed by atoms with Crippen LogP contribution in [0.25, 0.3) is 0 Å². The van der Waals surface area contributed by atoms with Gasteiger partial charge in [-0.25, -0.2) is 4.98 Å². The maximum Gasteiger partial charge on any atom is 0.306 e. The summed E-state index contributed by atoms with van der Waals surface area (Å²) in [5.74, 6) is 0.0764. The van der Waals surface area contributed by atoms with Gasteiger partial charge in [-0.15, -0.1) is 12.4 Å². The fourth-order valence-corrected chi connectivity index (χ4v) is 1.83. The number of carboxylic acids is 1. The van der Waals surface area contributed by atoms with E-state index in [0.717, 1.165) is 24.5 Å². The minimum atomic E-state index is -0.690. The van der Waals surface area contributed by atoms with E-state index in [1.54, 1.807) is 6.20 Å². The van der Waals surface area contributed by atoms with Gasteiger partial charge < -0.3 is 9.67 Å². The van der Waals surface area contributed by atoms with E-state index in [9.17, 15) is 4.79 Å². The summed E-state index contributed by atoms with van der Waals surface area (Å²) in [5.41, 5.74) is 1.05. The molecule has 1 atom stereocenters. The zero-order chi connectivity index (χ0) is 9.42. The Balaban J connectivity index is 0.000000980. The quantitative estimate of drug-likeness (QED) is 0.769. The van der Waals surface area contributed by atoms with Crippen LogP contribution in [0.5, 0.6) is 0 Å². The predicted molar refractivity (Wildman–Crippen MR) is 53.7 cm³/mol. The number of carbonyl (C=O) groups is 1. The highest BCUT2D eigenvalue weighted by atomic mass is 35.5. The molecule has 14 heavy (non-hydrogen) atoms.